The Kier molecular flexibility index (Phi) is 9.13. The van der Waals surface area contributed by atoms with Gasteiger partial charge in [0.05, 0.1) is 5.69 Å². The molecule has 3 heterocycles. The van der Waals surface area contributed by atoms with E-state index in [1.54, 1.807) is 6.26 Å². The molecule has 1 N–H and O–H groups in total. The van der Waals surface area contributed by atoms with Crippen molar-refractivity contribution in [2.24, 2.45) is 10.9 Å². The Hall–Kier alpha value is -0.870. The monoisotopic (exact) mass is 476 g/mol. The van der Waals surface area contributed by atoms with Crippen molar-refractivity contribution in [2.75, 3.05) is 59.4 Å². The fraction of sp³-hybridized carbons (Fsp3) is 0.778. The molecule has 148 valence electrons. The van der Waals surface area contributed by atoms with E-state index in [-0.39, 0.29) is 24.0 Å². The van der Waals surface area contributed by atoms with Gasteiger partial charge in [0.15, 0.2) is 5.96 Å². The Morgan fingerprint density at radius 1 is 1.27 bits per heavy atom. The van der Waals surface area contributed by atoms with Gasteiger partial charge in [0.25, 0.3) is 0 Å². The number of likely N-dealkylation sites (tertiary alicyclic amines) is 1. The molecule has 1 atom stereocenters. The molecule has 2 aliphatic heterocycles. The normalized spacial score (nSPS) is 22.9. The summed E-state index contributed by atoms with van der Waals surface area (Å²) in [6, 6.07) is 1.94. The third-order valence-electron chi connectivity index (χ3n) is 5.36. The maximum atomic E-state index is 4.92. The molecule has 0 amide bonds. The third kappa shape index (κ3) is 6.09. The van der Waals surface area contributed by atoms with Crippen LogP contribution < -0.4 is 5.32 Å². The van der Waals surface area contributed by atoms with Crippen molar-refractivity contribution in [3.05, 3.63) is 18.0 Å². The first-order valence-corrected chi connectivity index (χ1v) is 9.58. The van der Waals surface area contributed by atoms with Crippen molar-refractivity contribution in [3.63, 3.8) is 0 Å². The van der Waals surface area contributed by atoms with Gasteiger partial charge in [-0.25, -0.2) is 0 Å². The van der Waals surface area contributed by atoms with Crippen LogP contribution in [0.4, 0.5) is 0 Å². The third-order valence-corrected chi connectivity index (χ3v) is 5.36. The molecule has 0 aliphatic carbocycles. The van der Waals surface area contributed by atoms with Crippen molar-refractivity contribution in [1.82, 2.24) is 25.2 Å². The molecule has 0 radical (unpaired) electrons. The summed E-state index contributed by atoms with van der Waals surface area (Å²) >= 11 is 0. The van der Waals surface area contributed by atoms with Gasteiger partial charge < -0.3 is 19.6 Å². The second-order valence-corrected chi connectivity index (χ2v) is 7.08. The summed E-state index contributed by atoms with van der Waals surface area (Å²) < 4.78 is 4.92. The van der Waals surface area contributed by atoms with Crippen molar-refractivity contribution >= 4 is 29.9 Å². The zero-order valence-corrected chi connectivity index (χ0v) is 18.4. The maximum Gasteiger partial charge on any atom is 0.193 e. The Morgan fingerprint density at radius 3 is 2.73 bits per heavy atom. The highest BCUT2D eigenvalue weighted by Gasteiger charge is 2.22. The number of piperidine rings is 1. The van der Waals surface area contributed by atoms with Crippen molar-refractivity contribution in [3.8, 4) is 0 Å². The van der Waals surface area contributed by atoms with Crippen LogP contribution >= 0.6 is 24.0 Å². The highest BCUT2D eigenvalue weighted by atomic mass is 127. The molecule has 1 aromatic heterocycles. The number of nitrogens with zero attached hydrogens (tertiary/aromatic N) is 5. The molecule has 0 saturated carbocycles. The quantitative estimate of drug-likeness (QED) is 0.397. The molecule has 2 fully saturated rings. The average molecular weight is 476 g/mol. The molecule has 8 heteroatoms. The number of piperazine rings is 1. The first kappa shape index (κ1) is 21.4. The van der Waals surface area contributed by atoms with E-state index < -0.39 is 0 Å². The minimum Gasteiger partial charge on any atom is -0.364 e. The van der Waals surface area contributed by atoms with E-state index in [1.807, 2.05) is 13.1 Å². The first-order valence-electron chi connectivity index (χ1n) is 9.58. The van der Waals surface area contributed by atoms with Crippen LogP contribution in [0.3, 0.4) is 0 Å². The van der Waals surface area contributed by atoms with E-state index in [0.29, 0.717) is 0 Å². The van der Waals surface area contributed by atoms with E-state index in [9.17, 15) is 0 Å². The Morgan fingerprint density at radius 2 is 2.08 bits per heavy atom. The molecule has 2 aliphatic rings. The summed E-state index contributed by atoms with van der Waals surface area (Å²) in [5.74, 6) is 1.79. The van der Waals surface area contributed by atoms with E-state index >= 15 is 0 Å². The number of hydrogen-bond donors (Lipinski definition) is 1. The number of halogens is 1. The van der Waals surface area contributed by atoms with Gasteiger partial charge in [-0.15, -0.1) is 24.0 Å². The van der Waals surface area contributed by atoms with Crippen LogP contribution in [0, 0.1) is 5.92 Å². The summed E-state index contributed by atoms with van der Waals surface area (Å²) in [5.41, 5.74) is 1.01. The molecule has 7 nitrogen and oxygen atoms in total. The van der Waals surface area contributed by atoms with Crippen LogP contribution in [0.1, 0.15) is 25.5 Å². The zero-order valence-electron chi connectivity index (χ0n) is 16.1. The van der Waals surface area contributed by atoms with Gasteiger partial charge in [-0.05, 0) is 31.8 Å². The Labute approximate surface area is 174 Å². The Balaban J connectivity index is 0.00000243. The summed E-state index contributed by atoms with van der Waals surface area (Å²) in [7, 11) is 1.89. The molecule has 2 saturated heterocycles. The molecule has 0 aromatic carbocycles. The lowest BCUT2D eigenvalue weighted by molar-refractivity contribution is 0.165. The lowest BCUT2D eigenvalue weighted by Gasteiger charge is -2.37. The number of aromatic nitrogens is 1. The van der Waals surface area contributed by atoms with E-state index in [0.717, 1.165) is 56.8 Å². The molecule has 0 spiro atoms. The van der Waals surface area contributed by atoms with Gasteiger partial charge in [-0.1, -0.05) is 12.1 Å². The van der Waals surface area contributed by atoms with Gasteiger partial charge in [0.1, 0.15) is 6.26 Å². The van der Waals surface area contributed by atoms with Gasteiger partial charge in [0, 0.05) is 58.9 Å². The second-order valence-electron chi connectivity index (χ2n) is 7.08. The highest BCUT2D eigenvalue weighted by Crippen LogP contribution is 2.15. The molecule has 26 heavy (non-hydrogen) atoms. The predicted octanol–water partition coefficient (Wildman–Crippen LogP) is 1.72. The van der Waals surface area contributed by atoms with Gasteiger partial charge in [-0.3, -0.25) is 9.89 Å². The number of hydrogen-bond acceptors (Lipinski definition) is 5. The van der Waals surface area contributed by atoms with Crippen LogP contribution in [0.15, 0.2) is 21.8 Å². The number of rotatable bonds is 5. The number of aliphatic imine (C=N–C) groups is 1. The van der Waals surface area contributed by atoms with E-state index in [4.69, 9.17) is 4.52 Å². The van der Waals surface area contributed by atoms with Crippen LogP contribution in [-0.2, 0) is 6.54 Å². The highest BCUT2D eigenvalue weighted by molar-refractivity contribution is 14.0. The standard InChI is InChI=1S/C18H32N6O.HI/c1-3-22-7-4-5-16(14-22)13-20-18(19-2)24-10-8-23(9-11-24)15-17-6-12-25-21-17;/h6,12,16H,3-5,7-11,13-15H2,1-2H3,(H,19,20);1H. The van der Waals surface area contributed by atoms with Crippen LogP contribution in [0.25, 0.3) is 0 Å². The fourth-order valence-electron chi connectivity index (χ4n) is 3.84. The predicted molar refractivity (Wildman–Crippen MR) is 115 cm³/mol. The number of nitrogens with one attached hydrogen (secondary N) is 1. The molecule has 1 unspecified atom stereocenters. The Bertz CT molecular complexity index is 530. The largest absolute Gasteiger partial charge is 0.364 e. The topological polar surface area (TPSA) is 60.1 Å². The molecular formula is C18H33IN6O. The van der Waals surface area contributed by atoms with Gasteiger partial charge in [-0.2, -0.15) is 0 Å². The van der Waals surface area contributed by atoms with Crippen LogP contribution in [0.5, 0.6) is 0 Å². The second kappa shape index (κ2) is 11.1. The molecule has 0 bridgehead atoms. The minimum atomic E-state index is 0. The summed E-state index contributed by atoms with van der Waals surface area (Å²) in [4.78, 5) is 11.9. The van der Waals surface area contributed by atoms with E-state index in [1.165, 1.54) is 32.5 Å². The van der Waals surface area contributed by atoms with Gasteiger partial charge in [0.2, 0.25) is 0 Å². The number of guanidine groups is 1. The smallest absolute Gasteiger partial charge is 0.193 e. The maximum absolute atomic E-state index is 4.92. The summed E-state index contributed by atoms with van der Waals surface area (Å²) in [6.45, 7) is 11.9. The lowest BCUT2D eigenvalue weighted by atomic mass is 9.98. The van der Waals surface area contributed by atoms with Crippen molar-refractivity contribution in [1.29, 1.82) is 0 Å². The molecule has 3 rings (SSSR count). The first-order chi connectivity index (χ1) is 12.3. The van der Waals surface area contributed by atoms with Gasteiger partial charge >= 0.3 is 0 Å². The SMILES string of the molecule is CCN1CCCC(CNC(=NC)N2CCN(Cc3ccon3)CC2)C1.I. The van der Waals surface area contributed by atoms with Crippen molar-refractivity contribution in [2.45, 2.75) is 26.3 Å². The molecular weight excluding hydrogens is 443 g/mol. The fourth-order valence-corrected chi connectivity index (χ4v) is 3.84. The van der Waals surface area contributed by atoms with Crippen LogP contribution in [0.2, 0.25) is 0 Å². The zero-order chi connectivity index (χ0) is 17.5. The van der Waals surface area contributed by atoms with E-state index in [2.05, 4.69) is 37.1 Å². The lowest BCUT2D eigenvalue weighted by Crippen LogP contribution is -2.53. The molecule has 1 aromatic rings. The average Bonchev–Trinajstić information content (AvgIpc) is 3.17. The summed E-state index contributed by atoms with van der Waals surface area (Å²) in [5, 5.41) is 7.62. The van der Waals surface area contributed by atoms with Crippen molar-refractivity contribution < 1.29 is 4.52 Å². The van der Waals surface area contributed by atoms with Crippen LogP contribution in [-0.4, -0.2) is 85.2 Å². The summed E-state index contributed by atoms with van der Waals surface area (Å²) in [6.07, 6.45) is 4.29. The minimum absolute atomic E-state index is 0.